The van der Waals surface area contributed by atoms with Gasteiger partial charge in [-0.25, -0.2) is 0 Å². The zero-order chi connectivity index (χ0) is 19.2. The minimum atomic E-state index is -0.0984. The van der Waals surface area contributed by atoms with E-state index in [0.29, 0.717) is 30.2 Å². The molecule has 0 saturated heterocycles. The maximum absolute atomic E-state index is 12.0. The molecule has 3 aromatic rings. The van der Waals surface area contributed by atoms with Crippen molar-refractivity contribution >= 4 is 23.2 Å². The Balaban J connectivity index is 1.45. The number of nitrogens with zero attached hydrogens (tertiary/aromatic N) is 3. The molecule has 0 radical (unpaired) electrons. The van der Waals surface area contributed by atoms with Crippen LogP contribution in [0.15, 0.2) is 45.6 Å². The van der Waals surface area contributed by atoms with Gasteiger partial charge in [0.2, 0.25) is 17.6 Å². The van der Waals surface area contributed by atoms with Crippen LogP contribution in [0.3, 0.4) is 0 Å². The predicted molar refractivity (Wildman–Crippen MR) is 102 cm³/mol. The number of hydrogen-bond donors (Lipinski definition) is 1. The fraction of sp³-hybridized carbons (Fsp3) is 0.263. The zero-order valence-electron chi connectivity index (χ0n) is 15.1. The van der Waals surface area contributed by atoms with Gasteiger partial charge in [0.05, 0.1) is 0 Å². The molecular formula is C19H20N4O3S. The lowest BCUT2D eigenvalue weighted by Crippen LogP contribution is -2.23. The second-order valence-electron chi connectivity index (χ2n) is 6.20. The molecule has 2 aromatic heterocycles. The number of amides is 2. The highest BCUT2D eigenvalue weighted by Crippen LogP contribution is 2.19. The Morgan fingerprint density at radius 3 is 2.63 bits per heavy atom. The quantitative estimate of drug-likeness (QED) is 0.677. The van der Waals surface area contributed by atoms with Crippen LogP contribution < -0.4 is 5.32 Å². The lowest BCUT2D eigenvalue weighted by molar-refractivity contribution is -0.121. The highest BCUT2D eigenvalue weighted by molar-refractivity contribution is 7.08. The van der Waals surface area contributed by atoms with Gasteiger partial charge in [-0.2, -0.15) is 16.3 Å². The molecule has 1 N–H and O–H groups in total. The van der Waals surface area contributed by atoms with Crippen molar-refractivity contribution < 1.29 is 14.1 Å². The van der Waals surface area contributed by atoms with E-state index in [0.717, 1.165) is 11.1 Å². The Hall–Kier alpha value is -3.00. The molecule has 0 unspecified atom stereocenters. The molecule has 0 aliphatic rings. The average molecular weight is 384 g/mol. The number of nitrogens with one attached hydrogen (secondary N) is 1. The summed E-state index contributed by atoms with van der Waals surface area (Å²) in [4.78, 5) is 29.7. The van der Waals surface area contributed by atoms with Gasteiger partial charge in [-0.05, 0) is 29.1 Å². The number of rotatable bonds is 7. The Kier molecular flexibility index (Phi) is 5.97. The fourth-order valence-corrected chi connectivity index (χ4v) is 3.03. The third-order valence-electron chi connectivity index (χ3n) is 3.91. The van der Waals surface area contributed by atoms with E-state index in [1.54, 1.807) is 37.6 Å². The fourth-order valence-electron chi connectivity index (χ4n) is 2.40. The van der Waals surface area contributed by atoms with E-state index in [-0.39, 0.29) is 18.2 Å². The molecule has 7 nitrogen and oxygen atoms in total. The topological polar surface area (TPSA) is 88.3 Å². The van der Waals surface area contributed by atoms with E-state index < -0.39 is 0 Å². The van der Waals surface area contributed by atoms with Crippen LogP contribution in [0.2, 0.25) is 0 Å². The molecule has 0 aliphatic heterocycles. The number of carbonyl (C=O) groups is 2. The number of aryl methyl sites for hydroxylation is 1. The van der Waals surface area contributed by atoms with Crippen molar-refractivity contribution in [3.63, 3.8) is 0 Å². The standard InChI is InChI=1S/C19H20N4O3S/c1-23(2)19(25)14-5-3-13(4-6-14)11-20-16(24)7-8-17-21-18(22-26-17)15-9-10-27-12-15/h3-6,9-10,12H,7-8,11H2,1-2H3,(H,20,24). The summed E-state index contributed by atoms with van der Waals surface area (Å²) >= 11 is 1.56. The molecule has 0 fully saturated rings. The molecule has 0 atom stereocenters. The maximum atomic E-state index is 12.0. The smallest absolute Gasteiger partial charge is 0.253 e. The predicted octanol–water partition coefficient (Wildman–Crippen LogP) is 2.75. The Labute approximate surface area is 161 Å². The molecule has 140 valence electrons. The first-order valence-electron chi connectivity index (χ1n) is 8.45. The molecule has 2 amide bonds. The second kappa shape index (κ2) is 8.59. The van der Waals surface area contributed by atoms with Crippen LogP contribution in [0.1, 0.15) is 28.2 Å². The summed E-state index contributed by atoms with van der Waals surface area (Å²) in [5.74, 6) is 0.836. The minimum absolute atomic E-state index is 0.0491. The van der Waals surface area contributed by atoms with Crippen LogP contribution in [0.25, 0.3) is 11.4 Å². The first kappa shape index (κ1) is 18.8. The van der Waals surface area contributed by atoms with E-state index in [9.17, 15) is 9.59 Å². The van der Waals surface area contributed by atoms with Gasteiger partial charge in [0.1, 0.15) is 0 Å². The molecule has 27 heavy (non-hydrogen) atoms. The van der Waals surface area contributed by atoms with E-state index in [1.165, 1.54) is 4.90 Å². The third kappa shape index (κ3) is 5.01. The van der Waals surface area contributed by atoms with Gasteiger partial charge in [-0.3, -0.25) is 9.59 Å². The maximum Gasteiger partial charge on any atom is 0.253 e. The van der Waals surface area contributed by atoms with Gasteiger partial charge in [0.25, 0.3) is 5.91 Å². The SMILES string of the molecule is CN(C)C(=O)c1ccc(CNC(=O)CCc2nc(-c3ccsc3)no2)cc1. The molecular weight excluding hydrogens is 364 g/mol. The number of benzene rings is 1. The lowest BCUT2D eigenvalue weighted by Gasteiger charge is -2.10. The first-order chi connectivity index (χ1) is 13.0. The normalized spacial score (nSPS) is 10.6. The van der Waals surface area contributed by atoms with E-state index in [4.69, 9.17) is 4.52 Å². The number of thiophene rings is 1. The van der Waals surface area contributed by atoms with Crippen LogP contribution in [0.5, 0.6) is 0 Å². The summed E-state index contributed by atoms with van der Waals surface area (Å²) < 4.78 is 5.18. The van der Waals surface area contributed by atoms with E-state index in [1.807, 2.05) is 29.0 Å². The molecule has 1 aromatic carbocycles. The van der Waals surface area contributed by atoms with Crippen molar-refractivity contribution in [2.75, 3.05) is 14.1 Å². The summed E-state index contributed by atoms with van der Waals surface area (Å²) in [7, 11) is 3.42. The summed E-state index contributed by atoms with van der Waals surface area (Å²) in [5.41, 5.74) is 2.46. The number of aromatic nitrogens is 2. The Morgan fingerprint density at radius 2 is 1.96 bits per heavy atom. The van der Waals surface area contributed by atoms with Gasteiger partial charge >= 0.3 is 0 Å². The van der Waals surface area contributed by atoms with Gasteiger partial charge in [-0.1, -0.05) is 17.3 Å². The molecule has 0 saturated carbocycles. The Bertz CT molecular complexity index is 901. The van der Waals surface area contributed by atoms with Crippen LogP contribution in [-0.2, 0) is 17.8 Å². The molecule has 8 heteroatoms. The molecule has 3 rings (SSSR count). The van der Waals surface area contributed by atoms with E-state index >= 15 is 0 Å². The minimum Gasteiger partial charge on any atom is -0.352 e. The second-order valence-corrected chi connectivity index (χ2v) is 6.98. The van der Waals surface area contributed by atoms with E-state index in [2.05, 4.69) is 15.5 Å². The summed E-state index contributed by atoms with van der Waals surface area (Å²) in [6.07, 6.45) is 0.654. The summed E-state index contributed by atoms with van der Waals surface area (Å²) in [6, 6.07) is 9.11. The zero-order valence-corrected chi connectivity index (χ0v) is 16.0. The number of carbonyl (C=O) groups excluding carboxylic acids is 2. The lowest BCUT2D eigenvalue weighted by atomic mass is 10.1. The van der Waals surface area contributed by atoms with Crippen molar-refractivity contribution in [1.82, 2.24) is 20.4 Å². The molecule has 2 heterocycles. The highest BCUT2D eigenvalue weighted by atomic mass is 32.1. The highest BCUT2D eigenvalue weighted by Gasteiger charge is 2.11. The van der Waals surface area contributed by atoms with Crippen LogP contribution in [-0.4, -0.2) is 41.0 Å². The van der Waals surface area contributed by atoms with Crippen molar-refractivity contribution in [3.05, 3.63) is 58.1 Å². The molecule has 0 spiro atoms. The summed E-state index contributed by atoms with van der Waals surface area (Å²) in [5, 5.41) is 10.7. The first-order valence-corrected chi connectivity index (χ1v) is 9.39. The monoisotopic (exact) mass is 384 g/mol. The Morgan fingerprint density at radius 1 is 1.19 bits per heavy atom. The van der Waals surface area contributed by atoms with Crippen LogP contribution in [0, 0.1) is 0 Å². The van der Waals surface area contributed by atoms with Crippen molar-refractivity contribution in [1.29, 1.82) is 0 Å². The van der Waals surface area contributed by atoms with Gasteiger partial charge < -0.3 is 14.7 Å². The van der Waals surface area contributed by atoms with Gasteiger partial charge in [0.15, 0.2) is 0 Å². The summed E-state index contributed by atoms with van der Waals surface area (Å²) in [6.45, 7) is 0.402. The van der Waals surface area contributed by atoms with Gasteiger partial charge in [0, 0.05) is 50.0 Å². The third-order valence-corrected chi connectivity index (χ3v) is 4.59. The van der Waals surface area contributed by atoms with Crippen LogP contribution in [0.4, 0.5) is 0 Å². The van der Waals surface area contributed by atoms with Crippen LogP contribution >= 0.6 is 11.3 Å². The molecule has 0 aliphatic carbocycles. The van der Waals surface area contributed by atoms with Crippen molar-refractivity contribution in [2.24, 2.45) is 0 Å². The van der Waals surface area contributed by atoms with Gasteiger partial charge in [-0.15, -0.1) is 0 Å². The van der Waals surface area contributed by atoms with Crippen molar-refractivity contribution in [2.45, 2.75) is 19.4 Å². The average Bonchev–Trinajstić information content (AvgIpc) is 3.35. The number of hydrogen-bond acceptors (Lipinski definition) is 6. The van der Waals surface area contributed by atoms with Crippen molar-refractivity contribution in [3.8, 4) is 11.4 Å². The largest absolute Gasteiger partial charge is 0.352 e. The molecule has 0 bridgehead atoms.